The summed E-state index contributed by atoms with van der Waals surface area (Å²) in [4.78, 5) is 11.9. The largest absolute Gasteiger partial charge is 0.494 e. The average molecular weight is 406 g/mol. The van der Waals surface area contributed by atoms with E-state index in [0.29, 0.717) is 25.4 Å². The second-order valence-electron chi connectivity index (χ2n) is 6.01. The van der Waals surface area contributed by atoms with Crippen LogP contribution in [0.5, 0.6) is 5.75 Å². The van der Waals surface area contributed by atoms with Gasteiger partial charge in [-0.3, -0.25) is 4.79 Å². The van der Waals surface area contributed by atoms with E-state index in [1.54, 1.807) is 24.3 Å². The summed E-state index contributed by atoms with van der Waals surface area (Å²) < 4.78 is 32.8. The van der Waals surface area contributed by atoms with Crippen LogP contribution in [0.2, 0.25) is 0 Å². The first kappa shape index (κ1) is 22.7. The highest BCUT2D eigenvalue weighted by Crippen LogP contribution is 2.26. The summed E-state index contributed by atoms with van der Waals surface area (Å²) in [5.74, 6) is 0.497. The Balaban J connectivity index is 0.00000338. The van der Waals surface area contributed by atoms with Gasteiger partial charge in [-0.15, -0.1) is 12.4 Å². The fourth-order valence-electron chi connectivity index (χ4n) is 2.96. The Morgan fingerprint density at radius 2 is 2.00 bits per heavy atom. The molecular weight excluding hydrogens is 378 g/mol. The van der Waals surface area contributed by atoms with Gasteiger partial charge in [0.25, 0.3) is 0 Å². The molecule has 0 aliphatic carbocycles. The minimum atomic E-state index is -3.60. The summed E-state index contributed by atoms with van der Waals surface area (Å²) >= 11 is 0. The van der Waals surface area contributed by atoms with E-state index in [-0.39, 0.29) is 42.2 Å². The Labute approximate surface area is 161 Å². The van der Waals surface area contributed by atoms with Crippen LogP contribution < -0.4 is 15.8 Å². The minimum Gasteiger partial charge on any atom is -0.494 e. The minimum absolute atomic E-state index is 0. The van der Waals surface area contributed by atoms with E-state index in [4.69, 9.17) is 10.5 Å². The van der Waals surface area contributed by atoms with Crippen molar-refractivity contribution in [1.82, 2.24) is 9.62 Å². The molecule has 1 unspecified atom stereocenters. The van der Waals surface area contributed by atoms with Crippen LogP contribution in [0.3, 0.4) is 0 Å². The van der Waals surface area contributed by atoms with Gasteiger partial charge in [0.1, 0.15) is 5.75 Å². The molecule has 1 heterocycles. The lowest BCUT2D eigenvalue weighted by Gasteiger charge is -2.34. The molecule has 1 aliphatic rings. The number of benzene rings is 1. The Bertz CT molecular complexity index is 667. The van der Waals surface area contributed by atoms with Gasteiger partial charge in [0.05, 0.1) is 11.5 Å². The lowest BCUT2D eigenvalue weighted by atomic mass is 10.1. The molecule has 1 aliphatic heterocycles. The van der Waals surface area contributed by atoms with Crippen molar-refractivity contribution in [2.24, 2.45) is 5.73 Å². The van der Waals surface area contributed by atoms with Crippen molar-refractivity contribution in [3.63, 3.8) is 0 Å². The standard InChI is InChI=1S/C17H27N3O4S.ClH/c1-2-24-15-6-8-16(9-7-15)25(22,23)20-12-4-3-5-14(20)13-19-17(21)10-11-18;/h6-9,14H,2-5,10-13,18H2,1H3,(H,19,21);1H. The molecule has 1 amide bonds. The molecule has 26 heavy (non-hydrogen) atoms. The van der Waals surface area contributed by atoms with Gasteiger partial charge in [0.15, 0.2) is 0 Å². The molecule has 1 aromatic rings. The zero-order valence-corrected chi connectivity index (χ0v) is 16.7. The smallest absolute Gasteiger partial charge is 0.243 e. The molecule has 2 rings (SSSR count). The quantitative estimate of drug-likeness (QED) is 0.682. The van der Waals surface area contributed by atoms with Crippen LogP contribution in [0.25, 0.3) is 0 Å². The van der Waals surface area contributed by atoms with Gasteiger partial charge in [0, 0.05) is 32.1 Å². The molecule has 1 fully saturated rings. The van der Waals surface area contributed by atoms with Gasteiger partial charge in [-0.1, -0.05) is 6.42 Å². The van der Waals surface area contributed by atoms with Crippen LogP contribution in [0.1, 0.15) is 32.6 Å². The molecule has 0 spiro atoms. The first-order chi connectivity index (χ1) is 12.0. The number of piperidine rings is 1. The van der Waals surface area contributed by atoms with Crippen molar-refractivity contribution >= 4 is 28.3 Å². The second-order valence-corrected chi connectivity index (χ2v) is 7.90. The van der Waals surface area contributed by atoms with Gasteiger partial charge >= 0.3 is 0 Å². The van der Waals surface area contributed by atoms with E-state index in [0.717, 1.165) is 19.3 Å². The number of nitrogens with two attached hydrogens (primary N) is 1. The lowest BCUT2D eigenvalue weighted by Crippen LogP contribution is -2.49. The Morgan fingerprint density at radius 1 is 1.31 bits per heavy atom. The lowest BCUT2D eigenvalue weighted by molar-refractivity contribution is -0.121. The summed E-state index contributed by atoms with van der Waals surface area (Å²) in [5, 5.41) is 2.79. The highest BCUT2D eigenvalue weighted by atomic mass is 35.5. The molecule has 9 heteroatoms. The molecule has 3 N–H and O–H groups in total. The fraction of sp³-hybridized carbons (Fsp3) is 0.588. The van der Waals surface area contributed by atoms with Crippen LogP contribution in [0, 0.1) is 0 Å². The summed E-state index contributed by atoms with van der Waals surface area (Å²) in [6.45, 7) is 3.47. The van der Waals surface area contributed by atoms with Crippen LogP contribution in [0.4, 0.5) is 0 Å². The number of halogens is 1. The third kappa shape index (κ3) is 5.84. The highest BCUT2D eigenvalue weighted by molar-refractivity contribution is 7.89. The summed E-state index contributed by atoms with van der Waals surface area (Å²) in [6.07, 6.45) is 2.76. The topological polar surface area (TPSA) is 102 Å². The number of carbonyl (C=O) groups excluding carboxylic acids is 1. The zero-order chi connectivity index (χ0) is 18.3. The van der Waals surface area contributed by atoms with E-state index in [2.05, 4.69) is 5.32 Å². The van der Waals surface area contributed by atoms with Gasteiger partial charge < -0.3 is 15.8 Å². The van der Waals surface area contributed by atoms with Gasteiger partial charge in [0.2, 0.25) is 15.9 Å². The van der Waals surface area contributed by atoms with Crippen LogP contribution in [-0.4, -0.2) is 50.9 Å². The maximum absolute atomic E-state index is 13.0. The van der Waals surface area contributed by atoms with Gasteiger partial charge in [-0.05, 0) is 44.0 Å². The first-order valence-corrected chi connectivity index (χ1v) is 10.1. The van der Waals surface area contributed by atoms with E-state index < -0.39 is 10.0 Å². The highest BCUT2D eigenvalue weighted by Gasteiger charge is 2.33. The molecule has 148 valence electrons. The van der Waals surface area contributed by atoms with Crippen molar-refractivity contribution in [2.45, 2.75) is 43.5 Å². The average Bonchev–Trinajstić information content (AvgIpc) is 2.61. The number of sulfonamides is 1. The number of nitrogens with zero attached hydrogens (tertiary/aromatic N) is 1. The summed E-state index contributed by atoms with van der Waals surface area (Å²) in [5.41, 5.74) is 5.37. The molecule has 1 saturated heterocycles. The predicted octanol–water partition coefficient (Wildman–Crippen LogP) is 1.52. The monoisotopic (exact) mass is 405 g/mol. The number of rotatable bonds is 8. The van der Waals surface area contributed by atoms with Gasteiger partial charge in [-0.25, -0.2) is 8.42 Å². The third-order valence-corrected chi connectivity index (χ3v) is 6.19. The SMILES string of the molecule is CCOc1ccc(S(=O)(=O)N2CCCCC2CNC(=O)CCN)cc1.Cl. The second kappa shape index (κ2) is 10.7. The summed E-state index contributed by atoms with van der Waals surface area (Å²) in [7, 11) is -3.60. The van der Waals surface area contributed by atoms with Crippen LogP contribution in [0.15, 0.2) is 29.2 Å². The maximum atomic E-state index is 13.0. The number of hydrogen-bond donors (Lipinski definition) is 2. The first-order valence-electron chi connectivity index (χ1n) is 8.70. The number of amides is 1. The van der Waals surface area contributed by atoms with Crippen molar-refractivity contribution in [1.29, 1.82) is 0 Å². The fourth-order valence-corrected chi connectivity index (χ4v) is 4.65. The molecule has 0 saturated carbocycles. The third-order valence-electron chi connectivity index (χ3n) is 4.22. The van der Waals surface area contributed by atoms with Crippen LogP contribution >= 0.6 is 12.4 Å². The Morgan fingerprint density at radius 3 is 2.62 bits per heavy atom. The predicted molar refractivity (Wildman–Crippen MR) is 103 cm³/mol. The zero-order valence-electron chi connectivity index (χ0n) is 15.0. The number of nitrogens with one attached hydrogen (secondary N) is 1. The van der Waals surface area contributed by atoms with Crippen molar-refractivity contribution in [3.8, 4) is 5.75 Å². The molecule has 1 aromatic carbocycles. The Hall–Kier alpha value is -1.35. The van der Waals surface area contributed by atoms with Crippen molar-refractivity contribution in [3.05, 3.63) is 24.3 Å². The normalized spacial score (nSPS) is 18.0. The van der Waals surface area contributed by atoms with Crippen molar-refractivity contribution < 1.29 is 17.9 Å². The number of carbonyl (C=O) groups is 1. The van der Waals surface area contributed by atoms with Gasteiger partial charge in [-0.2, -0.15) is 4.31 Å². The van der Waals surface area contributed by atoms with Crippen molar-refractivity contribution in [2.75, 3.05) is 26.2 Å². The number of ether oxygens (including phenoxy) is 1. The summed E-state index contributed by atoms with van der Waals surface area (Å²) in [6, 6.07) is 6.24. The van der Waals surface area contributed by atoms with Crippen LogP contribution in [-0.2, 0) is 14.8 Å². The van der Waals surface area contributed by atoms with E-state index in [9.17, 15) is 13.2 Å². The molecule has 0 radical (unpaired) electrons. The van der Waals surface area contributed by atoms with E-state index in [1.807, 2.05) is 6.92 Å². The molecular formula is C17H28ClN3O4S. The number of hydrogen-bond acceptors (Lipinski definition) is 5. The molecule has 1 atom stereocenters. The molecule has 7 nitrogen and oxygen atoms in total. The maximum Gasteiger partial charge on any atom is 0.243 e. The van der Waals surface area contributed by atoms with E-state index in [1.165, 1.54) is 4.31 Å². The Kier molecular flexibility index (Phi) is 9.35. The molecule has 0 aromatic heterocycles. The van der Waals surface area contributed by atoms with E-state index >= 15 is 0 Å². The molecule has 0 bridgehead atoms.